The van der Waals surface area contributed by atoms with Gasteiger partial charge in [0.05, 0.1) is 11.0 Å². The zero-order valence-corrected chi connectivity index (χ0v) is 14.1. The predicted octanol–water partition coefficient (Wildman–Crippen LogP) is 1.76. The van der Waals surface area contributed by atoms with E-state index in [0.717, 1.165) is 42.9 Å². The fourth-order valence-corrected chi connectivity index (χ4v) is 3.38. The molecular formula is C18H20N6O. The van der Waals surface area contributed by atoms with Crippen LogP contribution in [0.1, 0.15) is 23.3 Å². The Morgan fingerprint density at radius 3 is 2.96 bits per heavy atom. The fraction of sp³-hybridized carbons (Fsp3) is 0.333. The van der Waals surface area contributed by atoms with E-state index in [1.165, 1.54) is 6.33 Å². The minimum absolute atomic E-state index is 0.0797. The van der Waals surface area contributed by atoms with Gasteiger partial charge in [-0.25, -0.2) is 15.0 Å². The second kappa shape index (κ2) is 6.51. The highest BCUT2D eigenvalue weighted by Crippen LogP contribution is 2.24. The lowest BCUT2D eigenvalue weighted by molar-refractivity contribution is 0.0927. The summed E-state index contributed by atoms with van der Waals surface area (Å²) in [6.45, 7) is 1.69. The van der Waals surface area contributed by atoms with E-state index in [1.807, 2.05) is 25.2 Å². The number of benzene rings is 1. The van der Waals surface area contributed by atoms with Crippen LogP contribution in [-0.4, -0.2) is 44.6 Å². The molecule has 0 bridgehead atoms. The van der Waals surface area contributed by atoms with E-state index in [-0.39, 0.29) is 11.9 Å². The van der Waals surface area contributed by atoms with Gasteiger partial charge in [0.25, 0.3) is 5.91 Å². The van der Waals surface area contributed by atoms with E-state index >= 15 is 0 Å². The number of aromatic nitrogens is 4. The first kappa shape index (κ1) is 15.6. The molecule has 0 spiro atoms. The third-order valence-corrected chi connectivity index (χ3v) is 4.62. The van der Waals surface area contributed by atoms with Crippen LogP contribution in [0.3, 0.4) is 0 Å². The molecule has 1 N–H and O–H groups in total. The summed E-state index contributed by atoms with van der Waals surface area (Å²) < 4.78 is 2.12. The maximum Gasteiger partial charge on any atom is 0.270 e. The second-order valence-electron chi connectivity index (χ2n) is 6.31. The van der Waals surface area contributed by atoms with Crippen molar-refractivity contribution in [3.05, 3.63) is 48.5 Å². The molecule has 4 rings (SSSR count). The molecule has 128 valence electrons. The highest BCUT2D eigenvalue weighted by atomic mass is 16.1. The van der Waals surface area contributed by atoms with Crippen molar-refractivity contribution in [1.82, 2.24) is 24.8 Å². The molecular weight excluding hydrogens is 316 g/mol. The van der Waals surface area contributed by atoms with E-state index in [9.17, 15) is 4.79 Å². The zero-order chi connectivity index (χ0) is 17.2. The van der Waals surface area contributed by atoms with Crippen molar-refractivity contribution in [3.63, 3.8) is 0 Å². The van der Waals surface area contributed by atoms with Gasteiger partial charge in [-0.05, 0) is 31.0 Å². The van der Waals surface area contributed by atoms with Crippen molar-refractivity contribution in [1.29, 1.82) is 0 Å². The standard InChI is InChI=1S/C18H20N6O/c1-23-16-7-3-2-6-14(16)22-18(23)24-10-4-5-13(11-24)21-17(25)15-8-9-19-12-20-15/h2-3,6-9,12-13H,4-5,10-11H2,1H3,(H,21,25). The molecule has 0 aliphatic carbocycles. The van der Waals surface area contributed by atoms with Gasteiger partial charge >= 0.3 is 0 Å². The number of amides is 1. The minimum Gasteiger partial charge on any atom is -0.346 e. The molecule has 1 aliphatic heterocycles. The Kier molecular flexibility index (Phi) is 4.05. The molecule has 3 heterocycles. The molecule has 1 atom stereocenters. The van der Waals surface area contributed by atoms with E-state index in [1.54, 1.807) is 12.3 Å². The van der Waals surface area contributed by atoms with Crippen LogP contribution in [-0.2, 0) is 7.05 Å². The second-order valence-corrected chi connectivity index (χ2v) is 6.31. The van der Waals surface area contributed by atoms with Crippen molar-refractivity contribution < 1.29 is 4.79 Å². The molecule has 7 heteroatoms. The third kappa shape index (κ3) is 3.05. The van der Waals surface area contributed by atoms with Crippen LogP contribution in [0.2, 0.25) is 0 Å². The number of aryl methyl sites for hydroxylation is 1. The number of imidazole rings is 1. The number of rotatable bonds is 3. The van der Waals surface area contributed by atoms with Gasteiger partial charge in [-0.2, -0.15) is 0 Å². The Morgan fingerprint density at radius 1 is 1.28 bits per heavy atom. The Bertz CT molecular complexity index is 891. The van der Waals surface area contributed by atoms with Crippen LogP contribution in [0.15, 0.2) is 42.9 Å². The highest BCUT2D eigenvalue weighted by Gasteiger charge is 2.25. The van der Waals surface area contributed by atoms with Gasteiger partial charge in [-0.1, -0.05) is 12.1 Å². The summed E-state index contributed by atoms with van der Waals surface area (Å²) in [4.78, 5) is 27.2. The number of hydrogen-bond donors (Lipinski definition) is 1. The summed E-state index contributed by atoms with van der Waals surface area (Å²) in [5, 5.41) is 3.08. The van der Waals surface area contributed by atoms with Gasteiger partial charge in [0.2, 0.25) is 5.95 Å². The van der Waals surface area contributed by atoms with Crippen LogP contribution < -0.4 is 10.2 Å². The molecule has 7 nitrogen and oxygen atoms in total. The quantitative estimate of drug-likeness (QED) is 0.789. The number of carbonyl (C=O) groups is 1. The molecule has 2 aromatic heterocycles. The van der Waals surface area contributed by atoms with E-state index in [4.69, 9.17) is 4.98 Å². The topological polar surface area (TPSA) is 75.9 Å². The van der Waals surface area contributed by atoms with E-state index in [2.05, 4.69) is 30.8 Å². The lowest BCUT2D eigenvalue weighted by Crippen LogP contribution is -2.48. The van der Waals surface area contributed by atoms with Crippen LogP contribution in [0.4, 0.5) is 5.95 Å². The number of fused-ring (bicyclic) bond motifs is 1. The van der Waals surface area contributed by atoms with Gasteiger partial charge in [0.15, 0.2) is 0 Å². The summed E-state index contributed by atoms with van der Waals surface area (Å²) in [6, 6.07) is 9.83. The molecule has 0 saturated carbocycles. The minimum atomic E-state index is -0.153. The summed E-state index contributed by atoms with van der Waals surface area (Å²) in [7, 11) is 2.04. The van der Waals surface area contributed by atoms with Crippen LogP contribution in [0.5, 0.6) is 0 Å². The first-order valence-electron chi connectivity index (χ1n) is 8.45. The maximum atomic E-state index is 12.3. The van der Waals surface area contributed by atoms with Crippen molar-refractivity contribution in [2.24, 2.45) is 7.05 Å². The molecule has 1 fully saturated rings. The number of carbonyl (C=O) groups excluding carboxylic acids is 1. The van der Waals surface area contributed by atoms with Gasteiger partial charge in [-0.15, -0.1) is 0 Å². The molecule has 1 unspecified atom stereocenters. The molecule has 1 aromatic carbocycles. The van der Waals surface area contributed by atoms with Crippen molar-refractivity contribution in [3.8, 4) is 0 Å². The van der Waals surface area contributed by atoms with Crippen molar-refractivity contribution >= 4 is 22.9 Å². The first-order chi connectivity index (χ1) is 12.2. The monoisotopic (exact) mass is 336 g/mol. The SMILES string of the molecule is Cn1c(N2CCCC(NC(=O)c3ccncn3)C2)nc2ccccc21. The van der Waals surface area contributed by atoms with Crippen LogP contribution >= 0.6 is 0 Å². The van der Waals surface area contributed by atoms with E-state index < -0.39 is 0 Å². The number of hydrogen-bond acceptors (Lipinski definition) is 5. The number of nitrogens with one attached hydrogen (secondary N) is 1. The Balaban J connectivity index is 1.51. The predicted molar refractivity (Wildman–Crippen MR) is 95.4 cm³/mol. The smallest absolute Gasteiger partial charge is 0.270 e. The van der Waals surface area contributed by atoms with Crippen LogP contribution in [0.25, 0.3) is 11.0 Å². The Labute approximate surface area is 145 Å². The summed E-state index contributed by atoms with van der Waals surface area (Å²) in [5.41, 5.74) is 2.51. The lowest BCUT2D eigenvalue weighted by atomic mass is 10.1. The molecule has 1 saturated heterocycles. The molecule has 25 heavy (non-hydrogen) atoms. The molecule has 1 aliphatic rings. The highest BCUT2D eigenvalue weighted by molar-refractivity contribution is 5.92. The number of anilines is 1. The lowest BCUT2D eigenvalue weighted by Gasteiger charge is -2.33. The zero-order valence-electron chi connectivity index (χ0n) is 14.1. The largest absolute Gasteiger partial charge is 0.346 e. The first-order valence-corrected chi connectivity index (χ1v) is 8.45. The van der Waals surface area contributed by atoms with Gasteiger partial charge < -0.3 is 14.8 Å². The van der Waals surface area contributed by atoms with Gasteiger partial charge in [0, 0.05) is 32.4 Å². The van der Waals surface area contributed by atoms with Crippen LogP contribution in [0, 0.1) is 0 Å². The summed E-state index contributed by atoms with van der Waals surface area (Å²) in [5.74, 6) is 0.793. The van der Waals surface area contributed by atoms with Crippen molar-refractivity contribution in [2.45, 2.75) is 18.9 Å². The molecule has 3 aromatic rings. The van der Waals surface area contributed by atoms with E-state index in [0.29, 0.717) is 5.69 Å². The van der Waals surface area contributed by atoms with Gasteiger partial charge in [0.1, 0.15) is 12.0 Å². The third-order valence-electron chi connectivity index (χ3n) is 4.62. The molecule has 1 amide bonds. The fourth-order valence-electron chi connectivity index (χ4n) is 3.38. The Hall–Kier alpha value is -2.96. The average molecular weight is 336 g/mol. The van der Waals surface area contributed by atoms with Gasteiger partial charge in [-0.3, -0.25) is 4.79 Å². The number of nitrogens with zero attached hydrogens (tertiary/aromatic N) is 5. The Morgan fingerprint density at radius 2 is 2.16 bits per heavy atom. The normalized spacial score (nSPS) is 17.6. The summed E-state index contributed by atoms with van der Waals surface area (Å²) in [6.07, 6.45) is 4.94. The summed E-state index contributed by atoms with van der Waals surface area (Å²) >= 11 is 0. The number of piperidine rings is 1. The molecule has 0 radical (unpaired) electrons. The average Bonchev–Trinajstić information content (AvgIpc) is 3.00. The number of para-hydroxylation sites is 2. The maximum absolute atomic E-state index is 12.3. The van der Waals surface area contributed by atoms with Crippen molar-refractivity contribution in [2.75, 3.05) is 18.0 Å².